The molecule has 0 spiro atoms. The van der Waals surface area contributed by atoms with Gasteiger partial charge in [-0.15, -0.1) is 0 Å². The third kappa shape index (κ3) is 3.55. The van der Waals surface area contributed by atoms with E-state index >= 15 is 0 Å². The van der Waals surface area contributed by atoms with Crippen molar-refractivity contribution in [3.8, 4) is 0 Å². The van der Waals surface area contributed by atoms with Gasteiger partial charge in [-0.25, -0.2) is 9.97 Å². The molecule has 1 aromatic heterocycles. The molecule has 0 aliphatic rings. The van der Waals surface area contributed by atoms with Gasteiger partial charge in [-0.05, 0) is 17.7 Å². The molecule has 0 aliphatic carbocycles. The molecule has 8 heteroatoms. The third-order valence-corrected chi connectivity index (χ3v) is 3.18. The lowest BCUT2D eigenvalue weighted by molar-refractivity contribution is -0.137. The number of aromatic nitrogens is 2. The zero-order valence-electron chi connectivity index (χ0n) is 11.0. The highest BCUT2D eigenvalue weighted by Gasteiger charge is 2.29. The SMILES string of the molecule is CN(Cc1ccc(C(F)(F)F)cc1)c1ncnc(Cl)c1N. The third-order valence-electron chi connectivity index (χ3n) is 2.88. The van der Waals surface area contributed by atoms with E-state index in [1.54, 1.807) is 11.9 Å². The Morgan fingerprint density at radius 3 is 2.38 bits per heavy atom. The van der Waals surface area contributed by atoms with Crippen LogP contribution in [0.1, 0.15) is 11.1 Å². The van der Waals surface area contributed by atoms with Crippen LogP contribution in [0.15, 0.2) is 30.6 Å². The van der Waals surface area contributed by atoms with Crippen LogP contribution >= 0.6 is 11.6 Å². The maximum Gasteiger partial charge on any atom is 0.416 e. The Morgan fingerprint density at radius 2 is 1.81 bits per heavy atom. The quantitative estimate of drug-likeness (QED) is 0.882. The minimum absolute atomic E-state index is 0.138. The first kappa shape index (κ1) is 15.4. The van der Waals surface area contributed by atoms with Crippen LogP contribution in [0.2, 0.25) is 5.15 Å². The standard InChI is InChI=1S/C13H12ClF3N4/c1-21(12-10(18)11(14)19-7-20-12)6-8-2-4-9(5-3-8)13(15,16)17/h2-5,7H,6,18H2,1H3. The molecule has 0 radical (unpaired) electrons. The average molecular weight is 317 g/mol. The summed E-state index contributed by atoms with van der Waals surface area (Å²) in [5.41, 5.74) is 6.01. The molecule has 0 fully saturated rings. The minimum atomic E-state index is -4.34. The second-order valence-corrected chi connectivity index (χ2v) is 4.81. The van der Waals surface area contributed by atoms with Gasteiger partial charge >= 0.3 is 6.18 Å². The number of nitrogens with two attached hydrogens (primary N) is 1. The highest BCUT2D eigenvalue weighted by Crippen LogP contribution is 2.30. The number of anilines is 2. The van der Waals surface area contributed by atoms with Gasteiger partial charge in [0.1, 0.15) is 12.0 Å². The van der Waals surface area contributed by atoms with Crippen molar-refractivity contribution in [2.24, 2.45) is 0 Å². The summed E-state index contributed by atoms with van der Waals surface area (Å²) in [5, 5.41) is 0.138. The van der Waals surface area contributed by atoms with Crippen molar-refractivity contribution in [3.05, 3.63) is 46.9 Å². The number of rotatable bonds is 3. The van der Waals surface area contributed by atoms with Crippen LogP contribution in [-0.2, 0) is 12.7 Å². The van der Waals surface area contributed by atoms with Gasteiger partial charge in [-0.1, -0.05) is 23.7 Å². The molecule has 0 amide bonds. The summed E-state index contributed by atoms with van der Waals surface area (Å²) < 4.78 is 37.5. The van der Waals surface area contributed by atoms with Crippen LogP contribution in [0.5, 0.6) is 0 Å². The van der Waals surface area contributed by atoms with Gasteiger partial charge in [0.15, 0.2) is 11.0 Å². The predicted molar refractivity (Wildman–Crippen MR) is 75.0 cm³/mol. The fourth-order valence-electron chi connectivity index (χ4n) is 1.82. The lowest BCUT2D eigenvalue weighted by Gasteiger charge is -2.20. The molecule has 1 heterocycles. The summed E-state index contributed by atoms with van der Waals surface area (Å²) in [5.74, 6) is 0.426. The maximum absolute atomic E-state index is 12.5. The maximum atomic E-state index is 12.5. The van der Waals surface area contributed by atoms with E-state index in [-0.39, 0.29) is 10.8 Å². The molecular formula is C13H12ClF3N4. The van der Waals surface area contributed by atoms with Crippen LogP contribution in [0.4, 0.5) is 24.7 Å². The predicted octanol–water partition coefficient (Wildman–Crippen LogP) is 3.37. The van der Waals surface area contributed by atoms with Gasteiger partial charge in [0, 0.05) is 13.6 Å². The first-order valence-corrected chi connectivity index (χ1v) is 6.30. The molecular weight excluding hydrogens is 305 g/mol. The summed E-state index contributed by atoms with van der Waals surface area (Å²) >= 11 is 5.80. The Hall–Kier alpha value is -2.02. The topological polar surface area (TPSA) is 55.0 Å². The van der Waals surface area contributed by atoms with Gasteiger partial charge < -0.3 is 10.6 Å². The monoisotopic (exact) mass is 316 g/mol. The van der Waals surface area contributed by atoms with E-state index in [2.05, 4.69) is 9.97 Å². The van der Waals surface area contributed by atoms with E-state index in [0.29, 0.717) is 17.9 Å². The molecule has 2 rings (SSSR count). The molecule has 0 bridgehead atoms. The van der Waals surface area contributed by atoms with Crippen molar-refractivity contribution >= 4 is 23.1 Å². The van der Waals surface area contributed by atoms with Gasteiger partial charge in [0.2, 0.25) is 0 Å². The van der Waals surface area contributed by atoms with E-state index in [1.807, 2.05) is 0 Å². The van der Waals surface area contributed by atoms with Crippen LogP contribution in [-0.4, -0.2) is 17.0 Å². The molecule has 1 aromatic carbocycles. The number of alkyl halides is 3. The Kier molecular flexibility index (Phi) is 4.22. The highest BCUT2D eigenvalue weighted by atomic mass is 35.5. The van der Waals surface area contributed by atoms with Crippen LogP contribution in [0, 0.1) is 0 Å². The average Bonchev–Trinajstić information content (AvgIpc) is 2.41. The molecule has 0 unspecified atom stereocenters. The molecule has 21 heavy (non-hydrogen) atoms. The highest BCUT2D eigenvalue weighted by molar-refractivity contribution is 6.32. The molecule has 2 aromatic rings. The Balaban J connectivity index is 2.16. The van der Waals surface area contributed by atoms with Crippen molar-refractivity contribution in [2.45, 2.75) is 12.7 Å². The molecule has 0 atom stereocenters. The van der Waals surface area contributed by atoms with Gasteiger partial charge in [-0.3, -0.25) is 0 Å². The lowest BCUT2D eigenvalue weighted by Crippen LogP contribution is -2.19. The Labute approximate surface area is 124 Å². The van der Waals surface area contributed by atoms with E-state index < -0.39 is 11.7 Å². The first-order valence-electron chi connectivity index (χ1n) is 5.92. The van der Waals surface area contributed by atoms with Crippen molar-refractivity contribution in [2.75, 3.05) is 17.7 Å². The Bertz CT molecular complexity index is 628. The summed E-state index contributed by atoms with van der Waals surface area (Å²) in [4.78, 5) is 9.45. The van der Waals surface area contributed by atoms with Crippen LogP contribution in [0.3, 0.4) is 0 Å². The van der Waals surface area contributed by atoms with Gasteiger partial charge in [0.25, 0.3) is 0 Å². The van der Waals surface area contributed by atoms with Crippen molar-refractivity contribution in [1.29, 1.82) is 0 Å². The van der Waals surface area contributed by atoms with Crippen molar-refractivity contribution in [1.82, 2.24) is 9.97 Å². The lowest BCUT2D eigenvalue weighted by atomic mass is 10.1. The number of nitrogens with zero attached hydrogens (tertiary/aromatic N) is 3. The van der Waals surface area contributed by atoms with E-state index in [4.69, 9.17) is 17.3 Å². The minimum Gasteiger partial charge on any atom is -0.393 e. The zero-order chi connectivity index (χ0) is 15.6. The molecule has 0 saturated carbocycles. The fourth-order valence-corrected chi connectivity index (χ4v) is 1.95. The van der Waals surface area contributed by atoms with Crippen molar-refractivity contribution in [3.63, 3.8) is 0 Å². The smallest absolute Gasteiger partial charge is 0.393 e. The Morgan fingerprint density at radius 1 is 1.19 bits per heavy atom. The van der Waals surface area contributed by atoms with Crippen LogP contribution < -0.4 is 10.6 Å². The summed E-state index contributed by atoms with van der Waals surface area (Å²) in [6.45, 7) is 0.343. The van der Waals surface area contributed by atoms with E-state index in [9.17, 15) is 13.2 Å². The molecule has 112 valence electrons. The van der Waals surface area contributed by atoms with Gasteiger partial charge in [0.05, 0.1) is 5.56 Å². The molecule has 0 saturated heterocycles. The van der Waals surface area contributed by atoms with Crippen LogP contribution in [0.25, 0.3) is 0 Å². The summed E-state index contributed by atoms with van der Waals surface area (Å²) in [6, 6.07) is 4.91. The fraction of sp³-hybridized carbons (Fsp3) is 0.231. The second kappa shape index (κ2) is 5.77. The molecule has 4 nitrogen and oxygen atoms in total. The summed E-state index contributed by atoms with van der Waals surface area (Å²) in [6.07, 6.45) is -3.06. The van der Waals surface area contributed by atoms with E-state index in [0.717, 1.165) is 12.1 Å². The second-order valence-electron chi connectivity index (χ2n) is 4.45. The van der Waals surface area contributed by atoms with Gasteiger partial charge in [-0.2, -0.15) is 13.2 Å². The first-order chi connectivity index (χ1) is 9.79. The molecule has 0 aliphatic heterocycles. The largest absolute Gasteiger partial charge is 0.416 e. The summed E-state index contributed by atoms with van der Waals surface area (Å²) in [7, 11) is 1.71. The normalized spacial score (nSPS) is 11.5. The zero-order valence-corrected chi connectivity index (χ0v) is 11.8. The number of hydrogen-bond donors (Lipinski definition) is 1. The number of benzene rings is 1. The van der Waals surface area contributed by atoms with E-state index in [1.165, 1.54) is 18.5 Å². The number of halogens is 4. The number of nitrogen functional groups attached to an aromatic ring is 1. The number of hydrogen-bond acceptors (Lipinski definition) is 4. The molecule has 2 N–H and O–H groups in total. The van der Waals surface area contributed by atoms with Crippen molar-refractivity contribution < 1.29 is 13.2 Å².